The molecule has 3 nitrogen and oxygen atoms in total. The van der Waals surface area contributed by atoms with E-state index in [4.69, 9.17) is 11.6 Å². The Morgan fingerprint density at radius 2 is 1.62 bits per heavy atom. The summed E-state index contributed by atoms with van der Waals surface area (Å²) in [7, 11) is 0. The monoisotopic (exact) mass is 323 g/mol. The fourth-order valence-corrected chi connectivity index (χ4v) is 1.72. The van der Waals surface area contributed by atoms with Crippen LogP contribution in [0.4, 0.5) is 27.8 Å². The van der Waals surface area contributed by atoms with Crippen molar-refractivity contribution in [2.45, 2.75) is 12.7 Å². The summed E-state index contributed by atoms with van der Waals surface area (Å²) in [6, 6.07) is 3.85. The standard InChI is InChI=1S/C12H7ClF5N3/c13-9-4-10(21-11(20-9)12(16,17)18)19-5-6-1-7(14)3-8(15)2-6/h1-4H,5H2,(H,19,20,21). The molecule has 0 aliphatic carbocycles. The molecule has 2 aromatic rings. The zero-order valence-corrected chi connectivity index (χ0v) is 10.9. The number of anilines is 1. The van der Waals surface area contributed by atoms with Gasteiger partial charge >= 0.3 is 6.18 Å². The van der Waals surface area contributed by atoms with Crippen molar-refractivity contribution in [2.75, 3.05) is 5.32 Å². The summed E-state index contributed by atoms with van der Waals surface area (Å²) in [5, 5.41) is 2.10. The molecule has 1 aromatic carbocycles. The van der Waals surface area contributed by atoms with Crippen LogP contribution in [0, 0.1) is 11.6 Å². The summed E-state index contributed by atoms with van der Waals surface area (Å²) in [4.78, 5) is 6.30. The lowest BCUT2D eigenvalue weighted by Crippen LogP contribution is -2.13. The molecule has 0 saturated carbocycles. The molecule has 1 N–H and O–H groups in total. The minimum Gasteiger partial charge on any atom is -0.366 e. The molecule has 2 rings (SSSR count). The van der Waals surface area contributed by atoms with Crippen molar-refractivity contribution >= 4 is 17.4 Å². The first kappa shape index (κ1) is 15.4. The average Bonchev–Trinajstić information content (AvgIpc) is 2.33. The second-order valence-electron chi connectivity index (χ2n) is 4.03. The zero-order valence-electron chi connectivity index (χ0n) is 10.2. The van der Waals surface area contributed by atoms with Gasteiger partial charge in [0.2, 0.25) is 5.82 Å². The Morgan fingerprint density at radius 3 is 2.19 bits per heavy atom. The molecule has 0 amide bonds. The molecule has 0 unspecified atom stereocenters. The maximum atomic E-state index is 13.0. The van der Waals surface area contributed by atoms with Gasteiger partial charge in [0.05, 0.1) is 0 Å². The summed E-state index contributed by atoms with van der Waals surface area (Å²) in [6.45, 7) is -0.126. The molecule has 1 aromatic heterocycles. The van der Waals surface area contributed by atoms with E-state index in [1.165, 1.54) is 0 Å². The quantitative estimate of drug-likeness (QED) is 0.684. The largest absolute Gasteiger partial charge is 0.451 e. The molecule has 112 valence electrons. The Labute approximate surface area is 120 Å². The van der Waals surface area contributed by atoms with E-state index in [1.54, 1.807) is 0 Å². The molecule has 21 heavy (non-hydrogen) atoms. The van der Waals surface area contributed by atoms with Crippen LogP contribution in [-0.4, -0.2) is 9.97 Å². The summed E-state index contributed by atoms with van der Waals surface area (Å²) < 4.78 is 63.5. The van der Waals surface area contributed by atoms with Gasteiger partial charge in [-0.1, -0.05) is 11.6 Å². The lowest BCUT2D eigenvalue weighted by Gasteiger charge is -2.10. The van der Waals surface area contributed by atoms with Crippen molar-refractivity contribution in [2.24, 2.45) is 0 Å². The Balaban J connectivity index is 2.18. The van der Waals surface area contributed by atoms with Gasteiger partial charge in [0, 0.05) is 18.7 Å². The molecule has 0 aliphatic heterocycles. The highest BCUT2D eigenvalue weighted by Gasteiger charge is 2.35. The van der Waals surface area contributed by atoms with Gasteiger partial charge in [-0.25, -0.2) is 18.7 Å². The first-order valence-corrected chi connectivity index (χ1v) is 5.92. The SMILES string of the molecule is Fc1cc(F)cc(CNc2cc(Cl)nc(C(F)(F)F)n2)c1. The van der Waals surface area contributed by atoms with Crippen LogP contribution in [0.25, 0.3) is 0 Å². The molecule has 0 spiro atoms. The van der Waals surface area contributed by atoms with Gasteiger partial charge in [-0.2, -0.15) is 13.2 Å². The predicted molar refractivity (Wildman–Crippen MR) is 65.7 cm³/mol. The lowest BCUT2D eigenvalue weighted by atomic mass is 10.2. The van der Waals surface area contributed by atoms with Crippen LogP contribution in [-0.2, 0) is 12.7 Å². The van der Waals surface area contributed by atoms with Crippen molar-refractivity contribution in [1.29, 1.82) is 0 Å². The molecule has 0 aliphatic rings. The third kappa shape index (κ3) is 4.25. The molecule has 0 fully saturated rings. The average molecular weight is 324 g/mol. The van der Waals surface area contributed by atoms with Gasteiger partial charge in [-0.3, -0.25) is 0 Å². The third-order valence-corrected chi connectivity index (χ3v) is 2.54. The van der Waals surface area contributed by atoms with Crippen molar-refractivity contribution in [1.82, 2.24) is 9.97 Å². The van der Waals surface area contributed by atoms with E-state index in [2.05, 4.69) is 15.3 Å². The predicted octanol–water partition coefficient (Wildman–Crippen LogP) is 4.04. The minimum atomic E-state index is -4.74. The van der Waals surface area contributed by atoms with Crippen molar-refractivity contribution in [3.05, 3.63) is 52.4 Å². The molecule has 9 heteroatoms. The van der Waals surface area contributed by atoms with E-state index in [0.717, 1.165) is 18.2 Å². The van der Waals surface area contributed by atoms with E-state index in [-0.39, 0.29) is 17.9 Å². The van der Waals surface area contributed by atoms with E-state index in [1.807, 2.05) is 0 Å². The summed E-state index contributed by atoms with van der Waals surface area (Å²) in [5.41, 5.74) is 0.204. The van der Waals surface area contributed by atoms with Gasteiger partial charge in [0.15, 0.2) is 0 Å². The van der Waals surface area contributed by atoms with Crippen LogP contribution >= 0.6 is 11.6 Å². The molecule has 0 radical (unpaired) electrons. The smallest absolute Gasteiger partial charge is 0.366 e. The number of nitrogens with zero attached hydrogens (tertiary/aromatic N) is 2. The highest BCUT2D eigenvalue weighted by atomic mass is 35.5. The van der Waals surface area contributed by atoms with E-state index < -0.39 is 28.8 Å². The molecule has 1 heterocycles. The highest BCUT2D eigenvalue weighted by molar-refractivity contribution is 6.29. The van der Waals surface area contributed by atoms with Crippen molar-refractivity contribution in [3.8, 4) is 0 Å². The van der Waals surface area contributed by atoms with E-state index in [9.17, 15) is 22.0 Å². The number of rotatable bonds is 3. The first-order chi connectivity index (χ1) is 9.74. The number of halogens is 6. The fourth-order valence-electron chi connectivity index (χ4n) is 1.54. The lowest BCUT2D eigenvalue weighted by molar-refractivity contribution is -0.144. The molecule has 0 bridgehead atoms. The van der Waals surface area contributed by atoms with Crippen LogP contribution in [0.1, 0.15) is 11.4 Å². The third-order valence-electron chi connectivity index (χ3n) is 2.34. The highest BCUT2D eigenvalue weighted by Crippen LogP contribution is 2.28. The summed E-state index contributed by atoms with van der Waals surface area (Å²) >= 11 is 5.48. The number of aromatic nitrogens is 2. The van der Waals surface area contributed by atoms with E-state index in [0.29, 0.717) is 6.07 Å². The van der Waals surface area contributed by atoms with Crippen LogP contribution in [0.3, 0.4) is 0 Å². The second-order valence-corrected chi connectivity index (χ2v) is 4.42. The molecule has 0 saturated heterocycles. The Morgan fingerprint density at radius 1 is 1.00 bits per heavy atom. The van der Waals surface area contributed by atoms with Crippen molar-refractivity contribution in [3.63, 3.8) is 0 Å². The molecular formula is C12H7ClF5N3. The second kappa shape index (κ2) is 5.80. The number of alkyl halides is 3. The normalized spacial score (nSPS) is 11.5. The Bertz CT molecular complexity index is 640. The number of hydrogen-bond acceptors (Lipinski definition) is 3. The Hall–Kier alpha value is -1.96. The van der Waals surface area contributed by atoms with Gasteiger partial charge < -0.3 is 5.32 Å². The van der Waals surface area contributed by atoms with Crippen LogP contribution in [0.15, 0.2) is 24.3 Å². The summed E-state index contributed by atoms with van der Waals surface area (Å²) in [6.07, 6.45) is -4.74. The van der Waals surface area contributed by atoms with Crippen molar-refractivity contribution < 1.29 is 22.0 Å². The van der Waals surface area contributed by atoms with Crippen LogP contribution in [0.5, 0.6) is 0 Å². The zero-order chi connectivity index (χ0) is 15.6. The topological polar surface area (TPSA) is 37.8 Å². The van der Waals surface area contributed by atoms with E-state index >= 15 is 0 Å². The number of hydrogen-bond donors (Lipinski definition) is 1. The number of benzene rings is 1. The van der Waals surface area contributed by atoms with Gasteiger partial charge in [0.25, 0.3) is 0 Å². The fraction of sp³-hybridized carbons (Fsp3) is 0.167. The van der Waals surface area contributed by atoms with Crippen LogP contribution in [0.2, 0.25) is 5.15 Å². The maximum Gasteiger partial charge on any atom is 0.451 e. The van der Waals surface area contributed by atoms with Gasteiger partial charge in [-0.05, 0) is 17.7 Å². The first-order valence-electron chi connectivity index (χ1n) is 5.54. The van der Waals surface area contributed by atoms with Crippen LogP contribution < -0.4 is 5.32 Å². The summed E-state index contributed by atoms with van der Waals surface area (Å²) in [5.74, 6) is -3.18. The molecule has 0 atom stereocenters. The van der Waals surface area contributed by atoms with Gasteiger partial charge in [0.1, 0.15) is 22.6 Å². The molecular weight excluding hydrogens is 317 g/mol. The Kier molecular flexibility index (Phi) is 4.26. The maximum absolute atomic E-state index is 13.0. The van der Waals surface area contributed by atoms with Gasteiger partial charge in [-0.15, -0.1) is 0 Å². The minimum absolute atomic E-state index is 0.126. The number of nitrogens with one attached hydrogen (secondary N) is 1.